The Bertz CT molecular complexity index is 93.1. The van der Waals surface area contributed by atoms with Gasteiger partial charge in [0.1, 0.15) is 7.85 Å². The highest BCUT2D eigenvalue weighted by atomic mass is 16.5. The molecule has 0 aromatic carbocycles. The van der Waals surface area contributed by atoms with Gasteiger partial charge in [0.2, 0.25) is 0 Å². The predicted molar refractivity (Wildman–Crippen MR) is 34.6 cm³/mol. The number of hydrogen-bond donors (Lipinski definition) is 0. The van der Waals surface area contributed by atoms with E-state index in [0.717, 1.165) is 0 Å². The van der Waals surface area contributed by atoms with Gasteiger partial charge < -0.3 is 4.74 Å². The van der Waals surface area contributed by atoms with E-state index in [4.69, 9.17) is 0 Å². The molecule has 0 amide bonds. The zero-order valence-corrected chi connectivity index (χ0v) is 5.82. The van der Waals surface area contributed by atoms with Crippen LogP contribution >= 0.6 is 0 Å². The largest absolute Gasteiger partial charge is 0.469 e. The molecule has 0 saturated heterocycles. The van der Waals surface area contributed by atoms with Crippen LogP contribution in [-0.4, -0.2) is 20.9 Å². The summed E-state index contributed by atoms with van der Waals surface area (Å²) in [7, 11) is 3.21. The number of methoxy groups -OCH3 is 1. The molecule has 46 valence electrons. The molecular formula is C5H11BO2. The van der Waals surface area contributed by atoms with E-state index in [9.17, 15) is 4.79 Å². The highest BCUT2D eigenvalue weighted by Gasteiger charge is 2.21. The van der Waals surface area contributed by atoms with Crippen LogP contribution < -0.4 is 0 Å². The van der Waals surface area contributed by atoms with Gasteiger partial charge in [-0.25, -0.2) is 0 Å². The first-order valence-corrected chi connectivity index (χ1v) is 2.57. The zero-order chi connectivity index (χ0) is 6.78. The highest BCUT2D eigenvalue weighted by molar-refractivity contribution is 6.26. The van der Waals surface area contributed by atoms with Crippen molar-refractivity contribution in [3.8, 4) is 0 Å². The maximum Gasteiger partial charge on any atom is 0.302 e. The monoisotopic (exact) mass is 114 g/mol. The molecule has 0 radical (unpaired) electrons. The SMILES string of the molecule is BC(C)(C)C(=O)OC. The molecule has 0 aromatic heterocycles. The molecule has 0 N–H and O–H groups in total. The number of esters is 1. The van der Waals surface area contributed by atoms with Gasteiger partial charge in [0.15, 0.2) is 0 Å². The second-order valence-corrected chi connectivity index (χ2v) is 2.74. The van der Waals surface area contributed by atoms with E-state index in [1.165, 1.54) is 7.11 Å². The fourth-order valence-corrected chi connectivity index (χ4v) is 0.306. The van der Waals surface area contributed by atoms with Crippen LogP contribution in [0.3, 0.4) is 0 Å². The van der Waals surface area contributed by atoms with E-state index in [2.05, 4.69) is 4.74 Å². The van der Waals surface area contributed by atoms with Crippen LogP contribution in [0.2, 0.25) is 5.31 Å². The van der Waals surface area contributed by atoms with Gasteiger partial charge in [0.25, 0.3) is 0 Å². The average molecular weight is 114 g/mol. The summed E-state index contributed by atoms with van der Waals surface area (Å²) in [4.78, 5) is 10.6. The molecule has 0 aliphatic heterocycles. The van der Waals surface area contributed by atoms with Crippen LogP contribution in [0.15, 0.2) is 0 Å². The molecule has 0 fully saturated rings. The maximum atomic E-state index is 10.6. The lowest BCUT2D eigenvalue weighted by Gasteiger charge is -2.13. The minimum Gasteiger partial charge on any atom is -0.469 e. The van der Waals surface area contributed by atoms with E-state index in [1.807, 2.05) is 21.7 Å². The van der Waals surface area contributed by atoms with Gasteiger partial charge in [-0.05, 0) is 0 Å². The number of carbonyl (C=O) groups is 1. The summed E-state index contributed by atoms with van der Waals surface area (Å²) in [5.74, 6) is -0.169. The lowest BCUT2D eigenvalue weighted by molar-refractivity contribution is -0.143. The van der Waals surface area contributed by atoms with E-state index in [-0.39, 0.29) is 11.3 Å². The van der Waals surface area contributed by atoms with Crippen molar-refractivity contribution < 1.29 is 9.53 Å². The summed E-state index contributed by atoms with van der Waals surface area (Å²) in [5.41, 5.74) is 0. The Labute approximate surface area is 50.6 Å². The number of ether oxygens (including phenoxy) is 1. The molecule has 2 nitrogen and oxygen atoms in total. The van der Waals surface area contributed by atoms with Crippen molar-refractivity contribution in [1.29, 1.82) is 0 Å². The van der Waals surface area contributed by atoms with E-state index in [0.29, 0.717) is 0 Å². The molecule has 0 rings (SSSR count). The second kappa shape index (κ2) is 2.20. The molecule has 0 spiro atoms. The fraction of sp³-hybridized carbons (Fsp3) is 0.800. The van der Waals surface area contributed by atoms with E-state index < -0.39 is 0 Å². The Morgan fingerprint density at radius 1 is 1.62 bits per heavy atom. The molecule has 0 saturated carbocycles. The van der Waals surface area contributed by atoms with Gasteiger partial charge in [-0.2, -0.15) is 0 Å². The normalized spacial score (nSPS) is 10.9. The summed E-state index contributed by atoms with van der Waals surface area (Å²) in [5, 5.41) is -0.352. The zero-order valence-electron chi connectivity index (χ0n) is 5.82. The first-order chi connectivity index (χ1) is 3.48. The van der Waals surface area contributed by atoms with Gasteiger partial charge in [-0.3, -0.25) is 4.79 Å². The molecule has 0 aromatic rings. The summed E-state index contributed by atoms with van der Waals surface area (Å²) in [6, 6.07) is 0. The number of hydrogen-bond acceptors (Lipinski definition) is 2. The standard InChI is InChI=1S/C5H11BO2/c1-5(2,6)4(7)8-3/h6H2,1-3H3. The lowest BCUT2D eigenvalue weighted by atomic mass is 9.73. The minimum absolute atomic E-state index is 0.169. The van der Waals surface area contributed by atoms with Crippen molar-refractivity contribution >= 4 is 13.8 Å². The molecule has 8 heavy (non-hydrogen) atoms. The van der Waals surface area contributed by atoms with Crippen molar-refractivity contribution in [3.63, 3.8) is 0 Å². The molecule has 0 atom stereocenters. The maximum absolute atomic E-state index is 10.6. The summed E-state index contributed by atoms with van der Waals surface area (Å²) < 4.78 is 4.48. The third-order valence-electron chi connectivity index (χ3n) is 0.798. The Hall–Kier alpha value is -0.465. The van der Waals surface area contributed by atoms with Gasteiger partial charge in [-0.15, -0.1) is 0 Å². The summed E-state index contributed by atoms with van der Waals surface area (Å²) in [6.07, 6.45) is 0. The highest BCUT2D eigenvalue weighted by Crippen LogP contribution is 2.18. The van der Waals surface area contributed by atoms with E-state index in [1.54, 1.807) is 0 Å². The Morgan fingerprint density at radius 3 is 2.00 bits per heavy atom. The summed E-state index contributed by atoms with van der Waals surface area (Å²) in [6.45, 7) is 3.64. The van der Waals surface area contributed by atoms with Crippen LogP contribution in [0.4, 0.5) is 0 Å². The van der Waals surface area contributed by atoms with Crippen LogP contribution in [0, 0.1) is 0 Å². The van der Waals surface area contributed by atoms with Crippen LogP contribution in [-0.2, 0) is 9.53 Å². The van der Waals surface area contributed by atoms with Gasteiger partial charge >= 0.3 is 5.97 Å². The van der Waals surface area contributed by atoms with Gasteiger partial charge in [0, 0.05) is 5.31 Å². The second-order valence-electron chi connectivity index (χ2n) is 2.74. The van der Waals surface area contributed by atoms with Crippen molar-refractivity contribution in [2.45, 2.75) is 19.2 Å². The third kappa shape index (κ3) is 2.00. The average Bonchev–Trinajstić information content (AvgIpc) is 1.62. The Kier molecular flexibility index (Phi) is 2.07. The smallest absolute Gasteiger partial charge is 0.302 e. The number of carbonyl (C=O) groups excluding carboxylic acids is 1. The lowest BCUT2D eigenvalue weighted by Crippen LogP contribution is -2.18. The van der Waals surface area contributed by atoms with Crippen molar-refractivity contribution in [2.24, 2.45) is 0 Å². The Balaban J connectivity index is 3.82. The van der Waals surface area contributed by atoms with E-state index >= 15 is 0 Å². The molecular weight excluding hydrogens is 103 g/mol. The molecule has 0 bridgehead atoms. The van der Waals surface area contributed by atoms with Crippen LogP contribution in [0.5, 0.6) is 0 Å². The molecule has 0 aliphatic carbocycles. The fourth-order valence-electron chi connectivity index (χ4n) is 0.306. The Morgan fingerprint density at radius 2 is 2.00 bits per heavy atom. The van der Waals surface area contributed by atoms with Gasteiger partial charge in [-0.1, -0.05) is 13.8 Å². The quantitative estimate of drug-likeness (QED) is 0.354. The van der Waals surface area contributed by atoms with Crippen molar-refractivity contribution in [1.82, 2.24) is 0 Å². The molecule has 3 heteroatoms. The number of rotatable bonds is 1. The van der Waals surface area contributed by atoms with Crippen molar-refractivity contribution in [2.75, 3.05) is 7.11 Å². The molecule has 0 unspecified atom stereocenters. The van der Waals surface area contributed by atoms with Crippen LogP contribution in [0.1, 0.15) is 13.8 Å². The first kappa shape index (κ1) is 7.53. The topological polar surface area (TPSA) is 26.3 Å². The van der Waals surface area contributed by atoms with Gasteiger partial charge in [0.05, 0.1) is 7.11 Å². The predicted octanol–water partition coefficient (Wildman–Crippen LogP) is -0.00900. The van der Waals surface area contributed by atoms with Crippen molar-refractivity contribution in [3.05, 3.63) is 0 Å². The minimum atomic E-state index is -0.352. The molecule has 0 heterocycles. The van der Waals surface area contributed by atoms with Crippen LogP contribution in [0.25, 0.3) is 0 Å². The summed E-state index contributed by atoms with van der Waals surface area (Å²) >= 11 is 0. The molecule has 0 aliphatic rings. The third-order valence-corrected chi connectivity index (χ3v) is 0.798. The first-order valence-electron chi connectivity index (χ1n) is 2.57.